The first-order valence-corrected chi connectivity index (χ1v) is 8.43. The summed E-state index contributed by atoms with van der Waals surface area (Å²) in [5.74, 6) is 0.963. The highest BCUT2D eigenvalue weighted by molar-refractivity contribution is 14.0. The number of nitrogens with one attached hydrogen (secondary N) is 1. The number of nitrogens with zero attached hydrogens (tertiary/aromatic N) is 2. The lowest BCUT2D eigenvalue weighted by molar-refractivity contribution is 0.415. The van der Waals surface area contributed by atoms with Crippen LogP contribution in [0.3, 0.4) is 0 Å². The van der Waals surface area contributed by atoms with Crippen molar-refractivity contribution >= 4 is 52.9 Å². The Morgan fingerprint density at radius 2 is 1.88 bits per heavy atom. The predicted octanol–water partition coefficient (Wildman–Crippen LogP) is 4.27. The average Bonchev–Trinajstić information content (AvgIpc) is 3.15. The molecule has 1 aliphatic heterocycles. The van der Waals surface area contributed by atoms with Gasteiger partial charge in [0, 0.05) is 24.5 Å². The van der Waals surface area contributed by atoms with Crippen LogP contribution in [0, 0.1) is 0 Å². The first kappa shape index (κ1) is 20.4. The molecule has 0 bridgehead atoms. The predicted molar refractivity (Wildman–Crippen MR) is 120 cm³/mol. The van der Waals surface area contributed by atoms with E-state index >= 15 is 0 Å². The zero-order chi connectivity index (χ0) is 17.6. The fourth-order valence-corrected chi connectivity index (χ4v) is 2.87. The normalized spacial score (nSPS) is 13.5. The number of halogens is 2. The maximum Gasteiger partial charge on any atom is 0.193 e. The molecular weight excluding hydrogens is 463 g/mol. The minimum absolute atomic E-state index is 0. The van der Waals surface area contributed by atoms with Crippen molar-refractivity contribution in [1.29, 1.82) is 0 Å². The standard InChI is InChI=1S/C19H21ClN4O.HI/c1-25-18-9-6-15(12-17(18)20)23-19(21)22-13-14-4-7-16(8-5-14)24-10-2-3-11-24;/h2-9,12H,10-11,13H2,1H3,(H3,21,22,23);1H. The number of ether oxygens (including phenoxy) is 1. The molecule has 1 heterocycles. The number of hydrogen-bond donors (Lipinski definition) is 2. The Labute approximate surface area is 175 Å². The third-order valence-electron chi connectivity index (χ3n) is 3.98. The van der Waals surface area contributed by atoms with Gasteiger partial charge in [0.25, 0.3) is 0 Å². The molecule has 2 aromatic rings. The molecule has 7 heteroatoms. The van der Waals surface area contributed by atoms with E-state index in [2.05, 4.69) is 51.6 Å². The summed E-state index contributed by atoms with van der Waals surface area (Å²) in [6, 6.07) is 13.8. The summed E-state index contributed by atoms with van der Waals surface area (Å²) in [7, 11) is 1.58. The van der Waals surface area contributed by atoms with Gasteiger partial charge in [-0.1, -0.05) is 35.9 Å². The van der Waals surface area contributed by atoms with Crippen LogP contribution >= 0.6 is 35.6 Å². The van der Waals surface area contributed by atoms with Gasteiger partial charge in [0.15, 0.2) is 5.96 Å². The lowest BCUT2D eigenvalue weighted by Gasteiger charge is -2.17. The fourth-order valence-electron chi connectivity index (χ4n) is 2.61. The van der Waals surface area contributed by atoms with Crippen LogP contribution in [-0.2, 0) is 6.54 Å². The van der Waals surface area contributed by atoms with Gasteiger partial charge in [-0.15, -0.1) is 24.0 Å². The van der Waals surface area contributed by atoms with Crippen LogP contribution in [0.2, 0.25) is 5.02 Å². The first-order chi connectivity index (χ1) is 12.2. The number of hydrogen-bond acceptors (Lipinski definition) is 3. The van der Waals surface area contributed by atoms with E-state index in [1.54, 1.807) is 19.2 Å². The zero-order valence-corrected chi connectivity index (χ0v) is 17.6. The molecule has 0 saturated heterocycles. The number of nitrogens with two attached hydrogens (primary N) is 1. The maximum atomic E-state index is 6.10. The molecule has 0 aliphatic carbocycles. The zero-order valence-electron chi connectivity index (χ0n) is 14.5. The Morgan fingerprint density at radius 1 is 1.19 bits per heavy atom. The third-order valence-corrected chi connectivity index (χ3v) is 4.27. The van der Waals surface area contributed by atoms with E-state index in [1.165, 1.54) is 5.69 Å². The van der Waals surface area contributed by atoms with Crippen LogP contribution in [-0.4, -0.2) is 26.2 Å². The molecule has 5 nitrogen and oxygen atoms in total. The number of guanidine groups is 1. The van der Waals surface area contributed by atoms with Crippen LogP contribution in [0.1, 0.15) is 5.56 Å². The quantitative estimate of drug-likeness (QED) is 0.288. The number of benzene rings is 2. The van der Waals surface area contributed by atoms with E-state index in [0.717, 1.165) is 24.3 Å². The fraction of sp³-hybridized carbons (Fsp3) is 0.211. The molecule has 1 aliphatic rings. The summed E-state index contributed by atoms with van der Waals surface area (Å²) in [4.78, 5) is 6.67. The van der Waals surface area contributed by atoms with Gasteiger partial charge in [-0.2, -0.15) is 0 Å². The Kier molecular flexibility index (Phi) is 7.59. The Hall–Kier alpha value is -1.93. The van der Waals surface area contributed by atoms with Gasteiger partial charge in [0.1, 0.15) is 5.75 Å². The number of anilines is 2. The Bertz CT molecular complexity index is 785. The summed E-state index contributed by atoms with van der Waals surface area (Å²) in [5.41, 5.74) is 9.04. The van der Waals surface area contributed by atoms with Crippen molar-refractivity contribution in [2.75, 3.05) is 30.4 Å². The molecule has 0 atom stereocenters. The van der Waals surface area contributed by atoms with Crippen molar-refractivity contribution in [2.45, 2.75) is 6.54 Å². The van der Waals surface area contributed by atoms with Crippen molar-refractivity contribution < 1.29 is 4.74 Å². The van der Waals surface area contributed by atoms with E-state index in [0.29, 0.717) is 23.3 Å². The molecule has 0 fully saturated rings. The summed E-state index contributed by atoms with van der Waals surface area (Å²) in [5, 5.41) is 3.55. The Morgan fingerprint density at radius 3 is 2.50 bits per heavy atom. The molecule has 0 radical (unpaired) electrons. The third kappa shape index (κ3) is 5.28. The summed E-state index contributed by atoms with van der Waals surface area (Å²) < 4.78 is 5.13. The molecule has 0 amide bonds. The molecular formula is C19H22ClIN4O. The van der Waals surface area contributed by atoms with Crippen molar-refractivity contribution in [2.24, 2.45) is 10.7 Å². The first-order valence-electron chi connectivity index (χ1n) is 8.05. The van der Waals surface area contributed by atoms with Crippen LogP contribution in [0.15, 0.2) is 59.6 Å². The van der Waals surface area contributed by atoms with Crippen LogP contribution in [0.5, 0.6) is 5.75 Å². The highest BCUT2D eigenvalue weighted by Gasteiger charge is 2.07. The van der Waals surface area contributed by atoms with Gasteiger partial charge >= 0.3 is 0 Å². The maximum absolute atomic E-state index is 6.10. The smallest absolute Gasteiger partial charge is 0.193 e. The summed E-state index contributed by atoms with van der Waals surface area (Å²) in [6.45, 7) is 2.46. The minimum atomic E-state index is 0. The number of methoxy groups -OCH3 is 1. The molecule has 26 heavy (non-hydrogen) atoms. The van der Waals surface area contributed by atoms with Gasteiger partial charge < -0.3 is 20.7 Å². The topological polar surface area (TPSA) is 62.9 Å². The van der Waals surface area contributed by atoms with Gasteiger partial charge in [0.2, 0.25) is 0 Å². The summed E-state index contributed by atoms with van der Waals surface area (Å²) >= 11 is 6.10. The SMILES string of the molecule is COc1ccc(NC(N)=NCc2ccc(N3CC=CC3)cc2)cc1Cl.I. The van der Waals surface area contributed by atoms with Crippen LogP contribution in [0.25, 0.3) is 0 Å². The van der Waals surface area contributed by atoms with E-state index < -0.39 is 0 Å². The van der Waals surface area contributed by atoms with Gasteiger partial charge in [0.05, 0.1) is 18.7 Å². The van der Waals surface area contributed by atoms with Gasteiger partial charge in [-0.3, -0.25) is 0 Å². The second-order valence-electron chi connectivity index (χ2n) is 5.72. The molecule has 0 unspecified atom stereocenters. The van der Waals surface area contributed by atoms with Crippen LogP contribution in [0.4, 0.5) is 11.4 Å². The highest BCUT2D eigenvalue weighted by Crippen LogP contribution is 2.27. The van der Waals surface area contributed by atoms with E-state index in [1.807, 2.05) is 6.07 Å². The van der Waals surface area contributed by atoms with Crippen molar-refractivity contribution in [3.63, 3.8) is 0 Å². The van der Waals surface area contributed by atoms with E-state index in [-0.39, 0.29) is 24.0 Å². The van der Waals surface area contributed by atoms with Gasteiger partial charge in [-0.25, -0.2) is 4.99 Å². The highest BCUT2D eigenvalue weighted by atomic mass is 127. The second-order valence-corrected chi connectivity index (χ2v) is 6.13. The monoisotopic (exact) mass is 484 g/mol. The number of aliphatic imine (C=N–C) groups is 1. The van der Waals surface area contributed by atoms with Gasteiger partial charge in [-0.05, 0) is 35.9 Å². The molecule has 0 spiro atoms. The van der Waals surface area contributed by atoms with Crippen molar-refractivity contribution in [3.05, 3.63) is 65.2 Å². The van der Waals surface area contributed by atoms with Crippen molar-refractivity contribution in [3.8, 4) is 5.75 Å². The summed E-state index contributed by atoms with van der Waals surface area (Å²) in [6.07, 6.45) is 4.35. The van der Waals surface area contributed by atoms with E-state index in [9.17, 15) is 0 Å². The van der Waals surface area contributed by atoms with Crippen LogP contribution < -0.4 is 20.7 Å². The molecule has 3 N–H and O–H groups in total. The lowest BCUT2D eigenvalue weighted by atomic mass is 10.2. The van der Waals surface area contributed by atoms with E-state index in [4.69, 9.17) is 22.1 Å². The largest absolute Gasteiger partial charge is 0.495 e. The molecule has 3 rings (SSSR count). The molecule has 0 saturated carbocycles. The van der Waals surface area contributed by atoms with Crippen molar-refractivity contribution in [1.82, 2.24) is 0 Å². The second kappa shape index (κ2) is 9.68. The Balaban J connectivity index is 0.00000243. The average molecular weight is 485 g/mol. The lowest BCUT2D eigenvalue weighted by Crippen LogP contribution is -2.22. The minimum Gasteiger partial charge on any atom is -0.495 e. The molecule has 2 aromatic carbocycles. The molecule has 138 valence electrons. The molecule has 0 aromatic heterocycles. The number of rotatable bonds is 5.